The van der Waals surface area contributed by atoms with Crippen LogP contribution >= 0.6 is 34.0 Å². The Morgan fingerprint density at radius 2 is 0.871 bits per heavy atom. The summed E-state index contributed by atoms with van der Waals surface area (Å²) in [5.74, 6) is -0.208. The number of imidazole rings is 3. The van der Waals surface area contributed by atoms with E-state index in [1.165, 1.54) is 95.1 Å². The summed E-state index contributed by atoms with van der Waals surface area (Å²) in [7, 11) is 0. The van der Waals surface area contributed by atoms with Crippen molar-refractivity contribution in [2.24, 2.45) is 16.6 Å². The molecule has 30 heteroatoms. The molecule has 0 aliphatic heterocycles. The van der Waals surface area contributed by atoms with Crippen LogP contribution in [0.3, 0.4) is 0 Å². The number of nitrogens with one attached hydrogen (secondary N) is 6. The summed E-state index contributed by atoms with van der Waals surface area (Å²) in [6.45, 7) is 28.8. The Morgan fingerprint density at radius 1 is 0.500 bits per heavy atom. The minimum Gasteiger partial charge on any atom is -0.345 e. The number of amides is 3. The molecule has 8 N–H and O–H groups in total. The van der Waals surface area contributed by atoms with Crippen LogP contribution in [0.25, 0.3) is 33.1 Å². The van der Waals surface area contributed by atoms with E-state index >= 15 is 0 Å². The second-order valence-corrected chi connectivity index (χ2v) is 33.1. The number of benzene rings is 4. The first-order valence-electron chi connectivity index (χ1n) is 37.0. The fourth-order valence-electron chi connectivity index (χ4n) is 11.4. The van der Waals surface area contributed by atoms with Crippen LogP contribution in [0.5, 0.6) is 0 Å². The number of allylic oxidation sites excluding steroid dienone is 1. The maximum atomic E-state index is 13.8. The van der Waals surface area contributed by atoms with Gasteiger partial charge in [0.05, 0.1) is 84.8 Å². The van der Waals surface area contributed by atoms with Crippen molar-refractivity contribution in [3.63, 3.8) is 0 Å². The number of nitro groups is 1. The number of para-hydroxylation sites is 7. The smallest absolute Gasteiger partial charge is 0.273 e. The van der Waals surface area contributed by atoms with Crippen LogP contribution in [0.1, 0.15) is 201 Å². The lowest BCUT2D eigenvalue weighted by atomic mass is 9.65. The lowest BCUT2D eigenvalue weighted by Gasteiger charge is -2.40. The summed E-state index contributed by atoms with van der Waals surface area (Å²) in [6.07, 6.45) is 11.0. The molecular formula is C86H98F3N17O7S3. The maximum absolute atomic E-state index is 13.8. The van der Waals surface area contributed by atoms with Gasteiger partial charge in [-0.3, -0.25) is 49.0 Å². The molecule has 0 bridgehead atoms. The third-order valence-electron chi connectivity index (χ3n) is 20.9. The van der Waals surface area contributed by atoms with Gasteiger partial charge >= 0.3 is 0 Å². The Balaban J connectivity index is 0.000000191. The van der Waals surface area contributed by atoms with Crippen molar-refractivity contribution in [3.05, 3.63) is 281 Å². The number of thiazole rings is 3. The van der Waals surface area contributed by atoms with Crippen LogP contribution < -0.4 is 21.7 Å². The molecule has 0 aliphatic carbocycles. The summed E-state index contributed by atoms with van der Waals surface area (Å²) in [6, 6.07) is 38.3. The van der Waals surface area contributed by atoms with Crippen molar-refractivity contribution < 1.29 is 42.1 Å². The van der Waals surface area contributed by atoms with Gasteiger partial charge in [0, 0.05) is 87.4 Å². The molecule has 24 nitrogen and oxygen atoms in total. The number of nitrogens with two attached hydrogens (primary N) is 1. The standard InChI is InChI=1S/C26H30FN5OS.C25H28FN5OS.C16H21FN4OS.C10H9NO3.C8H6N2O.CH4/c1-25(2,13-7-12-22-30-18-10-5-6-11-19(18)31-22)26(3,4)24-32-21(16-34-24)23(33)29-15-20-17(27)9-8-14-28-20;1-24(2,12-11-21-29-17-9-5-6-10-18(17)30-21)25(3,4)23-31-20(15-33-23)22(32)28-14-19-16(26)8-7-13-27-19;1-15(2,16(3,4)18)14-21-12(9-23-14)13(22)20-8-11-10(17)6-5-7-19-11;1-2-9(12)7-8-5-3-4-6-10(8)11(13)14;11-5-8-9-6-3-1-2-4-7(6)10-8;/h5-6,8-11,14,16H,7,12-13,15H2,1-4H3,(H,29,33)(H,30,31);5-10,13,15H,11-12,14H2,1-4H3,(H,28,32)(H,29,30);5-7,9H,8,18H2,1-4H3,(H,20,22);2-6H,1,7H2;1-5H,(H,9,10);1H4. The van der Waals surface area contributed by atoms with Crippen molar-refractivity contribution >= 4 is 103 Å². The zero-order valence-electron chi connectivity index (χ0n) is 66.2. The second kappa shape index (κ2) is 39.5. The molecule has 13 aromatic rings. The molecule has 0 atom stereocenters. The number of nitro benzene ring substituents is 1. The molecule has 0 fully saturated rings. The fraction of sp³-hybridized carbons (Fsp3) is 0.326. The molecule has 0 unspecified atom stereocenters. The van der Waals surface area contributed by atoms with Crippen LogP contribution in [-0.2, 0) is 59.9 Å². The number of ketones is 1. The average molecular weight is 1640 g/mol. The predicted octanol–water partition coefficient (Wildman–Crippen LogP) is 17.8. The molecule has 4 aromatic carbocycles. The number of hydrogen-bond acceptors (Lipinski definition) is 20. The average Bonchev–Trinajstić information content (AvgIpc) is 1.55. The van der Waals surface area contributed by atoms with E-state index < -0.39 is 27.9 Å². The first-order valence-corrected chi connectivity index (χ1v) is 39.6. The van der Waals surface area contributed by atoms with Gasteiger partial charge in [-0.15, -0.1) is 34.0 Å². The van der Waals surface area contributed by atoms with Gasteiger partial charge in [0.1, 0.15) is 51.2 Å². The molecule has 608 valence electrons. The minimum absolute atomic E-state index is 0. The van der Waals surface area contributed by atoms with Crippen LogP contribution in [-0.4, -0.2) is 100 Å². The second-order valence-electron chi connectivity index (χ2n) is 30.6. The van der Waals surface area contributed by atoms with Crippen molar-refractivity contribution in [2.45, 2.75) is 170 Å². The van der Waals surface area contributed by atoms with E-state index in [0.717, 1.165) is 98.0 Å². The Morgan fingerprint density at radius 3 is 1.25 bits per heavy atom. The van der Waals surface area contributed by atoms with Gasteiger partial charge in [0.2, 0.25) is 0 Å². The molecule has 9 aromatic heterocycles. The number of aldehydes is 1. The summed E-state index contributed by atoms with van der Waals surface area (Å²) in [5.41, 5.74) is 12.5. The zero-order chi connectivity index (χ0) is 83.5. The van der Waals surface area contributed by atoms with Gasteiger partial charge in [-0.05, 0) is 123 Å². The molecule has 0 spiro atoms. The van der Waals surface area contributed by atoms with Crippen molar-refractivity contribution in [1.29, 1.82) is 0 Å². The third-order valence-corrected chi connectivity index (χ3v) is 24.4. The van der Waals surface area contributed by atoms with Gasteiger partial charge in [-0.2, -0.15) is 0 Å². The number of pyridine rings is 3. The van der Waals surface area contributed by atoms with E-state index in [9.17, 15) is 47.3 Å². The van der Waals surface area contributed by atoms with E-state index in [2.05, 4.69) is 133 Å². The van der Waals surface area contributed by atoms with Crippen molar-refractivity contribution in [2.75, 3.05) is 0 Å². The number of nitrogens with zero attached hydrogens (tertiary/aromatic N) is 10. The minimum atomic E-state index is -0.494. The van der Waals surface area contributed by atoms with Gasteiger partial charge in [-0.25, -0.2) is 43.1 Å². The lowest BCUT2D eigenvalue weighted by Crippen LogP contribution is -2.50. The SMILES string of the molecule is C.C=CC(=O)Cc1ccccc1[N+](=O)[O-].CC(C)(CCCc1nc2ccccc2[nH]1)C(C)(C)c1nc(C(=O)NCc2ncccc2F)cs1.CC(C)(CCc1nc2ccccc2[nH]1)C(C)(C)c1nc(C(=O)NCc2ncccc2F)cs1.CC(C)(N)C(C)(C)c1nc(C(=O)NCc2ncccc2F)cs1.O=Cc1nc2ccccc2[nH]1. The molecule has 3 amide bonds. The highest BCUT2D eigenvalue weighted by atomic mass is 32.1. The number of aromatic amines is 3. The number of fused-ring (bicyclic) bond motifs is 3. The van der Waals surface area contributed by atoms with Gasteiger partial charge in [0.25, 0.3) is 23.4 Å². The molecule has 13 rings (SSSR count). The number of carbonyl (C=O) groups excluding carboxylic acids is 5. The van der Waals surface area contributed by atoms with Crippen LogP contribution in [0.15, 0.2) is 181 Å². The number of halogens is 3. The van der Waals surface area contributed by atoms with E-state index in [1.54, 1.807) is 34.3 Å². The van der Waals surface area contributed by atoms with Gasteiger partial charge < -0.3 is 36.6 Å². The fourth-order valence-corrected chi connectivity index (χ4v) is 14.7. The van der Waals surface area contributed by atoms with Gasteiger partial charge in [-0.1, -0.05) is 138 Å². The van der Waals surface area contributed by atoms with E-state index in [0.29, 0.717) is 34.8 Å². The molecule has 0 saturated heterocycles. The number of carbonyl (C=O) groups is 5. The zero-order valence-corrected chi connectivity index (χ0v) is 68.6. The van der Waals surface area contributed by atoms with E-state index in [4.69, 9.17) is 10.7 Å². The number of aromatic nitrogens is 12. The maximum Gasteiger partial charge on any atom is 0.273 e. The quantitative estimate of drug-likeness (QED) is 0.0109. The monoisotopic (exact) mass is 1630 g/mol. The lowest BCUT2D eigenvalue weighted by molar-refractivity contribution is -0.385. The number of rotatable bonds is 27. The highest BCUT2D eigenvalue weighted by molar-refractivity contribution is 7.10. The summed E-state index contributed by atoms with van der Waals surface area (Å²) < 4.78 is 41.0. The Kier molecular flexibility index (Phi) is 30.6. The Hall–Kier alpha value is -11.7. The van der Waals surface area contributed by atoms with E-state index in [1.807, 2.05) is 100 Å². The first kappa shape index (κ1) is 89.8. The third kappa shape index (κ3) is 23.1. The molecule has 0 saturated carbocycles. The summed E-state index contributed by atoms with van der Waals surface area (Å²) in [4.78, 5) is 117. The molecule has 0 radical (unpaired) electrons. The number of hydrogen-bond donors (Lipinski definition) is 7. The molecular weight excluding hydrogens is 1540 g/mol. The van der Waals surface area contributed by atoms with Crippen molar-refractivity contribution in [3.8, 4) is 0 Å². The van der Waals surface area contributed by atoms with Crippen LogP contribution in [0.2, 0.25) is 0 Å². The first-order chi connectivity index (χ1) is 54.5. The largest absolute Gasteiger partial charge is 0.345 e. The van der Waals surface area contributed by atoms with Gasteiger partial charge in [0.15, 0.2) is 17.9 Å². The number of aryl methyl sites for hydroxylation is 2. The van der Waals surface area contributed by atoms with Crippen molar-refractivity contribution in [1.82, 2.24) is 75.8 Å². The topological polar surface area (TPSA) is 354 Å². The predicted molar refractivity (Wildman–Crippen MR) is 451 cm³/mol. The molecule has 9 heterocycles. The molecule has 0 aliphatic rings. The van der Waals surface area contributed by atoms with E-state index in [-0.39, 0.29) is 107 Å². The summed E-state index contributed by atoms with van der Waals surface area (Å²) in [5, 5.41) is 26.4. The highest BCUT2D eigenvalue weighted by Gasteiger charge is 2.43. The summed E-state index contributed by atoms with van der Waals surface area (Å²) >= 11 is 4.36. The number of H-pyrrole nitrogens is 3. The Bertz CT molecular complexity index is 5440. The normalized spacial score (nSPS) is 11.6. The highest BCUT2D eigenvalue weighted by Crippen LogP contribution is 2.47. The van der Waals surface area contributed by atoms with Crippen LogP contribution in [0.4, 0.5) is 18.9 Å². The Labute approximate surface area is 684 Å². The molecule has 116 heavy (non-hydrogen) atoms. The van der Waals surface area contributed by atoms with Crippen LogP contribution in [0, 0.1) is 38.4 Å².